The van der Waals surface area contributed by atoms with Crippen molar-refractivity contribution in [2.45, 2.75) is 16.7 Å². The lowest BCUT2D eigenvalue weighted by molar-refractivity contribution is -0.119. The molecule has 2 amide bonds. The predicted octanol–water partition coefficient (Wildman–Crippen LogP) is 1.33. The Hall–Kier alpha value is -2.43. The Morgan fingerprint density at radius 3 is 2.50 bits per heavy atom. The minimum absolute atomic E-state index is 0.0154. The molecule has 0 bridgehead atoms. The van der Waals surface area contributed by atoms with E-state index in [0.29, 0.717) is 10.5 Å². The van der Waals surface area contributed by atoms with E-state index in [1.54, 1.807) is 13.0 Å². The molecule has 0 atom stereocenters. The van der Waals surface area contributed by atoms with Gasteiger partial charge < -0.3 is 0 Å². The molecule has 26 heavy (non-hydrogen) atoms. The van der Waals surface area contributed by atoms with E-state index in [-0.39, 0.29) is 16.2 Å². The van der Waals surface area contributed by atoms with Gasteiger partial charge in [0.05, 0.1) is 10.6 Å². The highest BCUT2D eigenvalue weighted by molar-refractivity contribution is 8.00. The number of carbonyl (C=O) groups is 2. The van der Waals surface area contributed by atoms with Gasteiger partial charge in [0.25, 0.3) is 5.91 Å². The van der Waals surface area contributed by atoms with Gasteiger partial charge in [-0.3, -0.25) is 20.4 Å². The molecule has 10 heteroatoms. The summed E-state index contributed by atoms with van der Waals surface area (Å²) >= 11 is 0.976. The Labute approximate surface area is 154 Å². The Balaban J connectivity index is 1.94. The first-order chi connectivity index (χ1) is 12.2. The van der Waals surface area contributed by atoms with Gasteiger partial charge in [0.1, 0.15) is 5.82 Å². The van der Waals surface area contributed by atoms with Crippen LogP contribution in [0, 0.1) is 12.7 Å². The van der Waals surface area contributed by atoms with Crippen molar-refractivity contribution in [3.63, 3.8) is 0 Å². The van der Waals surface area contributed by atoms with Crippen LogP contribution in [-0.4, -0.2) is 26.0 Å². The van der Waals surface area contributed by atoms with Crippen LogP contribution in [0.5, 0.6) is 0 Å². The Kier molecular flexibility index (Phi) is 6.35. The largest absolute Gasteiger partial charge is 0.272 e. The molecule has 7 nitrogen and oxygen atoms in total. The summed E-state index contributed by atoms with van der Waals surface area (Å²) in [5.74, 6) is -1.81. The number of hydrogen-bond acceptors (Lipinski definition) is 5. The number of rotatable bonds is 5. The highest BCUT2D eigenvalue weighted by Gasteiger charge is 2.15. The third-order valence-corrected chi connectivity index (χ3v) is 5.37. The van der Waals surface area contributed by atoms with Crippen molar-refractivity contribution in [2.24, 2.45) is 5.14 Å². The number of halogens is 1. The average molecular weight is 397 g/mol. The molecule has 0 aliphatic carbocycles. The lowest BCUT2D eigenvalue weighted by Gasteiger charge is -2.09. The molecule has 2 rings (SSSR count). The Bertz CT molecular complexity index is 948. The summed E-state index contributed by atoms with van der Waals surface area (Å²) < 4.78 is 36.4. The number of thioether (sulfide) groups is 1. The summed E-state index contributed by atoms with van der Waals surface area (Å²) in [6.07, 6.45) is 0. The van der Waals surface area contributed by atoms with Gasteiger partial charge in [0, 0.05) is 10.5 Å². The molecule has 0 aliphatic heterocycles. The molecule has 0 saturated heterocycles. The molecule has 0 heterocycles. The van der Waals surface area contributed by atoms with Crippen LogP contribution in [0.1, 0.15) is 15.9 Å². The van der Waals surface area contributed by atoms with Gasteiger partial charge in [0.15, 0.2) is 0 Å². The average Bonchev–Trinajstić information content (AvgIpc) is 2.58. The molecule has 2 aromatic rings. The smallest absolute Gasteiger partial charge is 0.269 e. The Morgan fingerprint density at radius 1 is 1.15 bits per heavy atom. The maximum atomic E-state index is 13.5. The maximum absolute atomic E-state index is 13.5. The van der Waals surface area contributed by atoms with Crippen LogP contribution >= 0.6 is 11.8 Å². The molecular weight excluding hydrogens is 381 g/mol. The van der Waals surface area contributed by atoms with Gasteiger partial charge >= 0.3 is 0 Å². The summed E-state index contributed by atoms with van der Waals surface area (Å²) in [7, 11) is -3.97. The number of nitrogens with two attached hydrogens (primary N) is 1. The SMILES string of the molecule is Cc1ccc(C(=O)NNC(=O)CSc2ccccc2F)cc1S(N)(=O)=O. The molecule has 138 valence electrons. The molecule has 0 saturated carbocycles. The van der Waals surface area contributed by atoms with E-state index in [4.69, 9.17) is 5.14 Å². The first kappa shape index (κ1) is 19.9. The Morgan fingerprint density at radius 2 is 1.85 bits per heavy atom. The molecule has 0 aliphatic rings. The third kappa shape index (κ3) is 5.28. The van der Waals surface area contributed by atoms with Gasteiger partial charge in [0.2, 0.25) is 15.9 Å². The fourth-order valence-corrected chi connectivity index (χ4v) is 3.54. The van der Waals surface area contributed by atoms with Crippen molar-refractivity contribution in [2.75, 3.05) is 5.75 Å². The van der Waals surface area contributed by atoms with Crippen LogP contribution < -0.4 is 16.0 Å². The lowest BCUT2D eigenvalue weighted by Crippen LogP contribution is -2.42. The van der Waals surface area contributed by atoms with Gasteiger partial charge in [-0.15, -0.1) is 11.8 Å². The van der Waals surface area contributed by atoms with Gasteiger partial charge in [-0.1, -0.05) is 18.2 Å². The minimum atomic E-state index is -3.97. The zero-order chi connectivity index (χ0) is 19.3. The van der Waals surface area contributed by atoms with Crippen molar-refractivity contribution in [1.29, 1.82) is 0 Å². The van der Waals surface area contributed by atoms with E-state index < -0.39 is 27.7 Å². The predicted molar refractivity (Wildman–Crippen MR) is 95.3 cm³/mol. The molecule has 2 aromatic carbocycles. The van der Waals surface area contributed by atoms with Gasteiger partial charge in [-0.25, -0.2) is 17.9 Å². The van der Waals surface area contributed by atoms with E-state index >= 15 is 0 Å². The normalized spacial score (nSPS) is 11.0. The molecule has 4 N–H and O–H groups in total. The van der Waals surface area contributed by atoms with Crippen molar-refractivity contribution < 1.29 is 22.4 Å². The number of hydrazine groups is 1. The van der Waals surface area contributed by atoms with Gasteiger partial charge in [-0.2, -0.15) is 0 Å². The van der Waals surface area contributed by atoms with Crippen LogP contribution in [0.2, 0.25) is 0 Å². The van der Waals surface area contributed by atoms with E-state index in [2.05, 4.69) is 10.9 Å². The minimum Gasteiger partial charge on any atom is -0.272 e. The maximum Gasteiger partial charge on any atom is 0.269 e. The first-order valence-electron chi connectivity index (χ1n) is 7.28. The molecular formula is C16H16FN3O4S2. The summed E-state index contributed by atoms with van der Waals surface area (Å²) in [4.78, 5) is 23.9. The van der Waals surface area contributed by atoms with Crippen molar-refractivity contribution >= 4 is 33.6 Å². The highest BCUT2D eigenvalue weighted by Crippen LogP contribution is 2.20. The number of amides is 2. The molecule has 0 radical (unpaired) electrons. The second-order valence-electron chi connectivity index (χ2n) is 5.25. The third-order valence-electron chi connectivity index (χ3n) is 3.27. The number of sulfonamides is 1. The zero-order valence-corrected chi connectivity index (χ0v) is 15.3. The van der Waals surface area contributed by atoms with E-state index in [0.717, 1.165) is 17.8 Å². The highest BCUT2D eigenvalue weighted by atomic mass is 32.2. The van der Waals surface area contributed by atoms with Crippen molar-refractivity contribution in [3.05, 3.63) is 59.4 Å². The second-order valence-corrected chi connectivity index (χ2v) is 7.79. The standard InChI is InChI=1S/C16H16FN3O4S2/c1-10-6-7-11(8-14(10)26(18,23)24)16(22)20-19-15(21)9-25-13-5-3-2-4-12(13)17/h2-8H,9H2,1H3,(H,19,21)(H,20,22)(H2,18,23,24). The van der Waals surface area contributed by atoms with Gasteiger partial charge in [-0.05, 0) is 36.8 Å². The zero-order valence-electron chi connectivity index (χ0n) is 13.7. The molecule has 0 unspecified atom stereocenters. The van der Waals surface area contributed by atoms with Crippen molar-refractivity contribution in [3.8, 4) is 0 Å². The number of carbonyl (C=O) groups excluding carboxylic acids is 2. The number of primary sulfonamides is 1. The monoisotopic (exact) mass is 397 g/mol. The molecule has 0 aromatic heterocycles. The summed E-state index contributed by atoms with van der Waals surface area (Å²) in [5, 5.41) is 5.09. The number of nitrogens with one attached hydrogen (secondary N) is 2. The topological polar surface area (TPSA) is 118 Å². The summed E-state index contributed by atoms with van der Waals surface area (Å²) in [6, 6.07) is 9.96. The van der Waals surface area contributed by atoms with Crippen LogP contribution in [0.15, 0.2) is 52.3 Å². The van der Waals surface area contributed by atoms with E-state index in [1.807, 2.05) is 0 Å². The van der Waals surface area contributed by atoms with E-state index in [1.165, 1.54) is 30.3 Å². The van der Waals surface area contributed by atoms with Crippen LogP contribution in [-0.2, 0) is 14.8 Å². The number of hydrogen-bond donors (Lipinski definition) is 3. The summed E-state index contributed by atoms with van der Waals surface area (Å²) in [6.45, 7) is 1.54. The fraction of sp³-hybridized carbons (Fsp3) is 0.125. The van der Waals surface area contributed by atoms with Crippen LogP contribution in [0.4, 0.5) is 4.39 Å². The summed E-state index contributed by atoms with van der Waals surface area (Å²) in [5.41, 5.74) is 4.76. The number of aryl methyl sites for hydroxylation is 1. The van der Waals surface area contributed by atoms with Crippen LogP contribution in [0.25, 0.3) is 0 Å². The second kappa shape index (κ2) is 8.30. The first-order valence-corrected chi connectivity index (χ1v) is 9.81. The lowest BCUT2D eigenvalue weighted by atomic mass is 10.1. The molecule has 0 spiro atoms. The fourth-order valence-electron chi connectivity index (χ4n) is 1.99. The van der Waals surface area contributed by atoms with Crippen LogP contribution in [0.3, 0.4) is 0 Å². The van der Waals surface area contributed by atoms with Crippen molar-refractivity contribution in [1.82, 2.24) is 10.9 Å². The number of benzene rings is 2. The van der Waals surface area contributed by atoms with E-state index in [9.17, 15) is 22.4 Å². The quantitative estimate of drug-likeness (QED) is 0.520. The molecule has 0 fully saturated rings.